The average molecular weight is 396 g/mol. The number of hydrogen-bond acceptors (Lipinski definition) is 4. The third kappa shape index (κ3) is 6.75. The molecule has 0 aliphatic carbocycles. The molecule has 1 aromatic rings. The van der Waals surface area contributed by atoms with Crippen LogP contribution in [-0.2, 0) is 14.3 Å². The SMILES string of the molecule is C[C@@H](OC(=O)C[C@@H](NC(N)=O)c1ccc(Cl)cc1)C(=O)N1CCCCCC1. The van der Waals surface area contributed by atoms with Gasteiger partial charge in [0.2, 0.25) is 0 Å². The first-order valence-electron chi connectivity index (χ1n) is 9.16. The van der Waals surface area contributed by atoms with Crippen molar-refractivity contribution >= 4 is 29.5 Å². The van der Waals surface area contributed by atoms with Crippen LogP contribution in [0, 0.1) is 0 Å². The van der Waals surface area contributed by atoms with E-state index in [1.165, 1.54) is 0 Å². The molecule has 1 aromatic carbocycles. The second-order valence-electron chi connectivity index (χ2n) is 6.69. The Labute approximate surface area is 164 Å². The molecule has 148 valence electrons. The topological polar surface area (TPSA) is 102 Å². The number of nitrogens with one attached hydrogen (secondary N) is 1. The predicted molar refractivity (Wildman–Crippen MR) is 102 cm³/mol. The number of nitrogens with two attached hydrogens (primary N) is 1. The lowest BCUT2D eigenvalue weighted by Gasteiger charge is -2.24. The third-order valence-electron chi connectivity index (χ3n) is 4.53. The van der Waals surface area contributed by atoms with E-state index in [1.54, 1.807) is 36.1 Å². The molecule has 8 heteroatoms. The molecule has 0 bridgehead atoms. The fourth-order valence-corrected chi connectivity index (χ4v) is 3.26. The highest BCUT2D eigenvalue weighted by molar-refractivity contribution is 6.30. The number of carbonyl (C=O) groups is 3. The Balaban J connectivity index is 1.96. The van der Waals surface area contributed by atoms with Gasteiger partial charge in [0.1, 0.15) is 0 Å². The molecule has 1 heterocycles. The van der Waals surface area contributed by atoms with E-state index in [0.717, 1.165) is 25.7 Å². The molecule has 0 unspecified atom stereocenters. The number of benzene rings is 1. The zero-order chi connectivity index (χ0) is 19.8. The Morgan fingerprint density at radius 1 is 1.15 bits per heavy atom. The van der Waals surface area contributed by atoms with Crippen molar-refractivity contribution in [1.29, 1.82) is 0 Å². The first-order valence-corrected chi connectivity index (χ1v) is 9.54. The Kier molecular flexibility index (Phi) is 7.91. The summed E-state index contributed by atoms with van der Waals surface area (Å²) >= 11 is 5.87. The molecule has 27 heavy (non-hydrogen) atoms. The lowest BCUT2D eigenvalue weighted by molar-refractivity contribution is -0.159. The summed E-state index contributed by atoms with van der Waals surface area (Å²) in [6.45, 7) is 2.96. The van der Waals surface area contributed by atoms with Crippen molar-refractivity contribution in [2.75, 3.05) is 13.1 Å². The number of ether oxygens (including phenoxy) is 1. The van der Waals surface area contributed by atoms with Gasteiger partial charge in [-0.15, -0.1) is 0 Å². The minimum absolute atomic E-state index is 0.137. The molecule has 1 aliphatic rings. The number of rotatable bonds is 6. The number of halogens is 1. The molecule has 0 aromatic heterocycles. The van der Waals surface area contributed by atoms with Crippen molar-refractivity contribution in [3.63, 3.8) is 0 Å². The van der Waals surface area contributed by atoms with Crippen LogP contribution < -0.4 is 11.1 Å². The average Bonchev–Trinajstić information content (AvgIpc) is 2.90. The second kappa shape index (κ2) is 10.2. The lowest BCUT2D eigenvalue weighted by Crippen LogP contribution is -2.41. The van der Waals surface area contributed by atoms with E-state index in [0.29, 0.717) is 23.7 Å². The number of likely N-dealkylation sites (tertiary alicyclic amines) is 1. The van der Waals surface area contributed by atoms with Crippen LogP contribution >= 0.6 is 11.6 Å². The summed E-state index contributed by atoms with van der Waals surface area (Å²) in [4.78, 5) is 37.9. The Morgan fingerprint density at radius 2 is 1.74 bits per heavy atom. The van der Waals surface area contributed by atoms with Crippen molar-refractivity contribution in [2.24, 2.45) is 5.73 Å². The molecule has 1 aliphatic heterocycles. The van der Waals surface area contributed by atoms with Crippen LogP contribution in [0.3, 0.4) is 0 Å². The second-order valence-corrected chi connectivity index (χ2v) is 7.12. The predicted octanol–water partition coefficient (Wildman–Crippen LogP) is 2.77. The number of primary amides is 1. The summed E-state index contributed by atoms with van der Waals surface area (Å²) < 4.78 is 5.32. The number of urea groups is 1. The van der Waals surface area contributed by atoms with Gasteiger partial charge in [-0.1, -0.05) is 36.6 Å². The summed E-state index contributed by atoms with van der Waals surface area (Å²) in [5.74, 6) is -0.768. The van der Waals surface area contributed by atoms with E-state index in [4.69, 9.17) is 22.1 Å². The molecule has 1 saturated heterocycles. The molecule has 2 atom stereocenters. The molecule has 0 spiro atoms. The number of hydrogen-bond donors (Lipinski definition) is 2. The smallest absolute Gasteiger partial charge is 0.312 e. The molecule has 7 nitrogen and oxygen atoms in total. The molecule has 2 rings (SSSR count). The normalized spacial score (nSPS) is 16.7. The Morgan fingerprint density at radius 3 is 2.30 bits per heavy atom. The monoisotopic (exact) mass is 395 g/mol. The number of nitrogens with zero attached hydrogens (tertiary/aromatic N) is 1. The first kappa shape index (κ1) is 21.0. The van der Waals surface area contributed by atoms with Crippen molar-refractivity contribution in [2.45, 2.75) is 51.2 Å². The number of carbonyl (C=O) groups excluding carboxylic acids is 3. The maximum Gasteiger partial charge on any atom is 0.312 e. The summed E-state index contributed by atoms with van der Waals surface area (Å²) in [5, 5.41) is 3.06. The molecular weight excluding hydrogens is 370 g/mol. The molecule has 3 N–H and O–H groups in total. The van der Waals surface area contributed by atoms with E-state index >= 15 is 0 Å². The Bertz CT molecular complexity index is 657. The van der Waals surface area contributed by atoms with Crippen LogP contribution in [0.4, 0.5) is 4.79 Å². The zero-order valence-corrected chi connectivity index (χ0v) is 16.2. The van der Waals surface area contributed by atoms with E-state index in [2.05, 4.69) is 5.32 Å². The lowest BCUT2D eigenvalue weighted by atomic mass is 10.0. The number of esters is 1. The molecular formula is C19H26ClN3O4. The molecule has 0 saturated carbocycles. The zero-order valence-electron chi connectivity index (χ0n) is 15.4. The van der Waals surface area contributed by atoms with Crippen LogP contribution in [0.5, 0.6) is 0 Å². The van der Waals surface area contributed by atoms with Crippen LogP contribution in [0.1, 0.15) is 50.6 Å². The van der Waals surface area contributed by atoms with Gasteiger partial charge < -0.3 is 20.7 Å². The maximum absolute atomic E-state index is 12.5. The summed E-state index contributed by atoms with van der Waals surface area (Å²) in [6, 6.07) is 5.29. The van der Waals surface area contributed by atoms with E-state index in [-0.39, 0.29) is 12.3 Å². The van der Waals surface area contributed by atoms with Crippen LogP contribution in [0.15, 0.2) is 24.3 Å². The van der Waals surface area contributed by atoms with Crippen LogP contribution in [-0.4, -0.2) is 42.0 Å². The van der Waals surface area contributed by atoms with Gasteiger partial charge in [-0.05, 0) is 37.5 Å². The number of amides is 3. The van der Waals surface area contributed by atoms with E-state index < -0.39 is 24.1 Å². The highest BCUT2D eigenvalue weighted by Crippen LogP contribution is 2.20. The maximum atomic E-state index is 12.5. The van der Waals surface area contributed by atoms with Gasteiger partial charge in [0, 0.05) is 18.1 Å². The van der Waals surface area contributed by atoms with Gasteiger partial charge in [-0.3, -0.25) is 9.59 Å². The molecule has 1 fully saturated rings. The van der Waals surface area contributed by atoms with Gasteiger partial charge in [-0.25, -0.2) is 4.79 Å². The summed E-state index contributed by atoms with van der Waals surface area (Å²) in [7, 11) is 0. The molecule has 3 amide bonds. The van der Waals surface area contributed by atoms with E-state index in [9.17, 15) is 14.4 Å². The fraction of sp³-hybridized carbons (Fsp3) is 0.526. The minimum atomic E-state index is -0.866. The van der Waals surface area contributed by atoms with Crippen LogP contribution in [0.25, 0.3) is 0 Å². The Hall–Kier alpha value is -2.28. The van der Waals surface area contributed by atoms with Crippen molar-refractivity contribution < 1.29 is 19.1 Å². The van der Waals surface area contributed by atoms with Gasteiger partial charge in [0.25, 0.3) is 5.91 Å². The fourth-order valence-electron chi connectivity index (χ4n) is 3.13. The largest absolute Gasteiger partial charge is 0.452 e. The van der Waals surface area contributed by atoms with Gasteiger partial charge in [0.15, 0.2) is 6.10 Å². The third-order valence-corrected chi connectivity index (χ3v) is 4.79. The van der Waals surface area contributed by atoms with Crippen LogP contribution in [0.2, 0.25) is 5.02 Å². The highest BCUT2D eigenvalue weighted by atomic mass is 35.5. The molecule has 0 radical (unpaired) electrons. The van der Waals surface area contributed by atoms with Gasteiger partial charge >= 0.3 is 12.0 Å². The van der Waals surface area contributed by atoms with Crippen molar-refractivity contribution in [3.8, 4) is 0 Å². The quantitative estimate of drug-likeness (QED) is 0.723. The van der Waals surface area contributed by atoms with E-state index in [1.807, 2.05) is 0 Å². The highest BCUT2D eigenvalue weighted by Gasteiger charge is 2.26. The standard InChI is InChI=1S/C19H26ClN3O4/c1-13(18(25)23-10-4-2-3-5-11-23)27-17(24)12-16(22-19(21)26)14-6-8-15(20)9-7-14/h6-9,13,16H,2-5,10-12H2,1H3,(H3,21,22,26)/t13-,16-/m1/s1. The van der Waals surface area contributed by atoms with Gasteiger partial charge in [0.05, 0.1) is 12.5 Å². The first-order chi connectivity index (χ1) is 12.9. The summed E-state index contributed by atoms with van der Waals surface area (Å²) in [6.07, 6.45) is 3.15. The van der Waals surface area contributed by atoms with Crippen molar-refractivity contribution in [3.05, 3.63) is 34.9 Å². The van der Waals surface area contributed by atoms with Crippen molar-refractivity contribution in [1.82, 2.24) is 10.2 Å². The summed E-state index contributed by atoms with van der Waals surface area (Å²) in [5.41, 5.74) is 5.88. The van der Waals surface area contributed by atoms with Gasteiger partial charge in [-0.2, -0.15) is 0 Å². The minimum Gasteiger partial charge on any atom is -0.452 e.